The van der Waals surface area contributed by atoms with Gasteiger partial charge in [0.25, 0.3) is 0 Å². The standard InChI is InChI=1S/C6H12.C5H4O2/c1-5(2)6(3)4;6-4-1-2-5(7)3-4/h1-4H3;1-2H,3H2. The number of hydrogen-bond donors (Lipinski definition) is 0. The largest absolute Gasteiger partial charge is 0.294 e. The second-order valence-electron chi connectivity index (χ2n) is 3.44. The van der Waals surface area contributed by atoms with Crippen LogP contribution in [0.2, 0.25) is 0 Å². The Bertz CT molecular complexity index is 236. The molecular weight excluding hydrogens is 164 g/mol. The number of carbonyl (C=O) groups is 2. The molecule has 2 heteroatoms. The van der Waals surface area contributed by atoms with Crippen molar-refractivity contribution in [2.45, 2.75) is 34.1 Å². The average Bonchev–Trinajstić information content (AvgIpc) is 2.35. The van der Waals surface area contributed by atoms with E-state index < -0.39 is 0 Å². The van der Waals surface area contributed by atoms with Crippen molar-refractivity contribution in [2.75, 3.05) is 0 Å². The zero-order valence-electron chi connectivity index (χ0n) is 8.68. The Morgan fingerprint density at radius 2 is 1.23 bits per heavy atom. The van der Waals surface area contributed by atoms with Gasteiger partial charge in [-0.1, -0.05) is 11.1 Å². The lowest BCUT2D eigenvalue weighted by Gasteiger charge is -1.88. The Kier molecular flexibility index (Phi) is 4.97. The molecule has 0 amide bonds. The van der Waals surface area contributed by atoms with Crippen LogP contribution in [0.4, 0.5) is 0 Å². The lowest BCUT2D eigenvalue weighted by atomic mass is 10.2. The lowest BCUT2D eigenvalue weighted by Crippen LogP contribution is -1.90. The molecule has 0 aromatic heterocycles. The molecule has 0 aliphatic heterocycles. The number of ketones is 2. The second kappa shape index (κ2) is 5.46. The maximum Gasteiger partial charge on any atom is 0.163 e. The van der Waals surface area contributed by atoms with Crippen molar-refractivity contribution in [1.82, 2.24) is 0 Å². The summed E-state index contributed by atoms with van der Waals surface area (Å²) in [5.41, 5.74) is 2.85. The van der Waals surface area contributed by atoms with Crippen molar-refractivity contribution in [2.24, 2.45) is 0 Å². The molecule has 0 unspecified atom stereocenters. The summed E-state index contributed by atoms with van der Waals surface area (Å²) in [6.07, 6.45) is 2.70. The van der Waals surface area contributed by atoms with Gasteiger partial charge in [-0.15, -0.1) is 0 Å². The summed E-state index contributed by atoms with van der Waals surface area (Å²) in [5.74, 6) is -0.157. The highest BCUT2D eigenvalue weighted by atomic mass is 16.1. The molecule has 0 atom stereocenters. The van der Waals surface area contributed by atoms with E-state index in [1.807, 2.05) is 0 Å². The number of rotatable bonds is 0. The Hall–Kier alpha value is -1.18. The summed E-state index contributed by atoms with van der Waals surface area (Å²) in [4.78, 5) is 20.3. The minimum atomic E-state index is -0.0787. The maximum absolute atomic E-state index is 10.1. The minimum Gasteiger partial charge on any atom is -0.294 e. The first-order chi connectivity index (χ1) is 5.93. The third kappa shape index (κ3) is 6.02. The molecule has 0 aromatic rings. The lowest BCUT2D eigenvalue weighted by molar-refractivity contribution is -0.120. The van der Waals surface area contributed by atoms with Crippen LogP contribution >= 0.6 is 0 Å². The fourth-order valence-corrected chi connectivity index (χ4v) is 0.475. The Morgan fingerprint density at radius 3 is 1.31 bits per heavy atom. The van der Waals surface area contributed by atoms with Gasteiger partial charge in [-0.25, -0.2) is 0 Å². The normalized spacial score (nSPS) is 13.8. The minimum absolute atomic E-state index is 0.0787. The fourth-order valence-electron chi connectivity index (χ4n) is 0.475. The van der Waals surface area contributed by atoms with E-state index in [0.29, 0.717) is 0 Å². The molecule has 1 rings (SSSR count). The van der Waals surface area contributed by atoms with Crippen LogP contribution in [-0.2, 0) is 9.59 Å². The van der Waals surface area contributed by atoms with Crippen molar-refractivity contribution in [1.29, 1.82) is 0 Å². The van der Waals surface area contributed by atoms with E-state index in [2.05, 4.69) is 27.7 Å². The van der Waals surface area contributed by atoms with Crippen LogP contribution in [-0.4, -0.2) is 11.6 Å². The summed E-state index contributed by atoms with van der Waals surface area (Å²) >= 11 is 0. The van der Waals surface area contributed by atoms with Crippen LogP contribution in [0.15, 0.2) is 23.3 Å². The molecule has 0 saturated heterocycles. The summed E-state index contributed by atoms with van der Waals surface area (Å²) in [7, 11) is 0. The SMILES string of the molecule is CC(C)=C(C)C.O=C1C=CC(=O)C1. The average molecular weight is 180 g/mol. The zero-order valence-corrected chi connectivity index (χ0v) is 8.68. The molecule has 1 aliphatic rings. The quantitative estimate of drug-likeness (QED) is 0.424. The van der Waals surface area contributed by atoms with Gasteiger partial charge in [0.05, 0.1) is 6.42 Å². The van der Waals surface area contributed by atoms with Gasteiger partial charge in [0.2, 0.25) is 0 Å². The highest BCUT2D eigenvalue weighted by Gasteiger charge is 2.09. The molecule has 13 heavy (non-hydrogen) atoms. The third-order valence-electron chi connectivity index (χ3n) is 1.80. The molecule has 72 valence electrons. The number of allylic oxidation sites excluding steroid dienone is 4. The fraction of sp³-hybridized carbons (Fsp3) is 0.455. The zero-order chi connectivity index (χ0) is 10.4. The Morgan fingerprint density at radius 1 is 0.923 bits per heavy atom. The van der Waals surface area contributed by atoms with Crippen LogP contribution in [0, 0.1) is 0 Å². The number of carbonyl (C=O) groups excluding carboxylic acids is 2. The molecule has 0 aromatic carbocycles. The topological polar surface area (TPSA) is 34.1 Å². The maximum atomic E-state index is 10.1. The third-order valence-corrected chi connectivity index (χ3v) is 1.80. The van der Waals surface area contributed by atoms with Gasteiger partial charge in [0.1, 0.15) is 0 Å². The first kappa shape index (κ1) is 11.8. The predicted molar refractivity (Wildman–Crippen MR) is 53.5 cm³/mol. The van der Waals surface area contributed by atoms with Gasteiger partial charge in [0, 0.05) is 0 Å². The summed E-state index contributed by atoms with van der Waals surface area (Å²) in [6, 6.07) is 0. The smallest absolute Gasteiger partial charge is 0.163 e. The molecule has 2 nitrogen and oxygen atoms in total. The highest BCUT2D eigenvalue weighted by Crippen LogP contribution is 1.97. The van der Waals surface area contributed by atoms with E-state index >= 15 is 0 Å². The van der Waals surface area contributed by atoms with Crippen LogP contribution < -0.4 is 0 Å². The molecule has 0 saturated carbocycles. The van der Waals surface area contributed by atoms with Crippen LogP contribution in [0.3, 0.4) is 0 Å². The molecule has 0 spiro atoms. The first-order valence-corrected chi connectivity index (χ1v) is 4.28. The van der Waals surface area contributed by atoms with E-state index in [9.17, 15) is 9.59 Å². The van der Waals surface area contributed by atoms with Gasteiger partial charge in [-0.2, -0.15) is 0 Å². The molecule has 0 fully saturated rings. The highest BCUT2D eigenvalue weighted by molar-refractivity contribution is 6.16. The van der Waals surface area contributed by atoms with Gasteiger partial charge in [-0.05, 0) is 39.8 Å². The van der Waals surface area contributed by atoms with Gasteiger partial charge in [0.15, 0.2) is 11.6 Å². The van der Waals surface area contributed by atoms with Gasteiger partial charge in [-0.3, -0.25) is 9.59 Å². The molecule has 0 heterocycles. The van der Waals surface area contributed by atoms with Crippen molar-refractivity contribution in [3.8, 4) is 0 Å². The van der Waals surface area contributed by atoms with Crippen LogP contribution in [0.1, 0.15) is 34.1 Å². The monoisotopic (exact) mass is 180 g/mol. The van der Waals surface area contributed by atoms with Crippen molar-refractivity contribution in [3.05, 3.63) is 23.3 Å². The predicted octanol–water partition coefficient (Wildman–Crippen LogP) is 2.45. The van der Waals surface area contributed by atoms with E-state index in [-0.39, 0.29) is 18.0 Å². The van der Waals surface area contributed by atoms with Gasteiger partial charge >= 0.3 is 0 Å². The summed E-state index contributed by atoms with van der Waals surface area (Å²) in [5, 5.41) is 0. The van der Waals surface area contributed by atoms with E-state index in [0.717, 1.165) is 0 Å². The molecular formula is C11H16O2. The van der Waals surface area contributed by atoms with Crippen LogP contribution in [0.5, 0.6) is 0 Å². The van der Waals surface area contributed by atoms with E-state index in [1.54, 1.807) is 0 Å². The molecule has 0 bridgehead atoms. The van der Waals surface area contributed by atoms with Crippen molar-refractivity contribution in [3.63, 3.8) is 0 Å². The summed E-state index contributed by atoms with van der Waals surface area (Å²) < 4.78 is 0. The van der Waals surface area contributed by atoms with E-state index in [4.69, 9.17) is 0 Å². The van der Waals surface area contributed by atoms with Gasteiger partial charge < -0.3 is 0 Å². The molecule has 0 radical (unpaired) electrons. The van der Waals surface area contributed by atoms with Crippen molar-refractivity contribution >= 4 is 11.6 Å². The Labute approximate surface area is 79.3 Å². The Balaban J connectivity index is 0.000000226. The second-order valence-corrected chi connectivity index (χ2v) is 3.44. The summed E-state index contributed by atoms with van der Waals surface area (Å²) in [6.45, 7) is 8.48. The van der Waals surface area contributed by atoms with Crippen LogP contribution in [0.25, 0.3) is 0 Å². The first-order valence-electron chi connectivity index (χ1n) is 4.28. The number of hydrogen-bond acceptors (Lipinski definition) is 2. The van der Waals surface area contributed by atoms with Crippen molar-refractivity contribution < 1.29 is 9.59 Å². The molecule has 0 N–H and O–H groups in total. The molecule has 1 aliphatic carbocycles. The van der Waals surface area contributed by atoms with E-state index in [1.165, 1.54) is 23.3 Å².